The van der Waals surface area contributed by atoms with Crippen molar-refractivity contribution in [3.8, 4) is 11.5 Å². The highest BCUT2D eigenvalue weighted by molar-refractivity contribution is 5.96. The lowest BCUT2D eigenvalue weighted by molar-refractivity contribution is -0.0173. The summed E-state index contributed by atoms with van der Waals surface area (Å²) in [7, 11) is 1.50. The molecule has 0 spiro atoms. The van der Waals surface area contributed by atoms with Gasteiger partial charge in [0.05, 0.1) is 19.3 Å². The second kappa shape index (κ2) is 6.66. The van der Waals surface area contributed by atoms with E-state index in [0.717, 1.165) is 0 Å². The highest BCUT2D eigenvalue weighted by Gasteiger charge is 2.18. The van der Waals surface area contributed by atoms with Crippen molar-refractivity contribution in [2.75, 3.05) is 13.9 Å². The van der Waals surface area contributed by atoms with E-state index in [2.05, 4.69) is 5.32 Å². The Hall–Kier alpha value is -2.60. The summed E-state index contributed by atoms with van der Waals surface area (Å²) in [5.41, 5.74) is 1.63. The second-order valence-electron chi connectivity index (χ2n) is 5.05. The van der Waals surface area contributed by atoms with Crippen LogP contribution in [0.5, 0.6) is 11.5 Å². The molecule has 0 aromatic heterocycles. The fourth-order valence-corrected chi connectivity index (χ4v) is 2.49. The Morgan fingerprint density at radius 3 is 3.00 bits per heavy atom. The van der Waals surface area contributed by atoms with Crippen LogP contribution in [-0.4, -0.2) is 19.8 Å². The van der Waals surface area contributed by atoms with Crippen molar-refractivity contribution in [2.24, 2.45) is 0 Å². The number of ether oxygens (including phenoxy) is 3. The van der Waals surface area contributed by atoms with Crippen LogP contribution in [0.2, 0.25) is 0 Å². The number of rotatable bonds is 4. The second-order valence-corrected chi connectivity index (χ2v) is 5.05. The number of methoxy groups -OCH3 is 1. The molecule has 3 rings (SSSR count). The van der Waals surface area contributed by atoms with Gasteiger partial charge in [0.25, 0.3) is 5.91 Å². The average molecular weight is 317 g/mol. The monoisotopic (exact) mass is 317 g/mol. The van der Waals surface area contributed by atoms with Gasteiger partial charge in [-0.25, -0.2) is 4.39 Å². The zero-order chi connectivity index (χ0) is 16.2. The third-order valence-electron chi connectivity index (χ3n) is 3.54. The van der Waals surface area contributed by atoms with Crippen molar-refractivity contribution in [1.29, 1.82) is 0 Å². The summed E-state index contributed by atoms with van der Waals surface area (Å²) in [4.78, 5) is 12.3. The Bertz CT molecular complexity index is 733. The fraction of sp³-hybridized carbons (Fsp3) is 0.235. The summed E-state index contributed by atoms with van der Waals surface area (Å²) in [6.07, 6.45) is 0. The molecule has 120 valence electrons. The van der Waals surface area contributed by atoms with Crippen molar-refractivity contribution in [3.05, 3.63) is 58.9 Å². The van der Waals surface area contributed by atoms with Crippen LogP contribution in [0.15, 0.2) is 36.4 Å². The third-order valence-corrected chi connectivity index (χ3v) is 3.54. The first-order valence-electron chi connectivity index (χ1n) is 7.12. The first-order valence-corrected chi connectivity index (χ1v) is 7.12. The predicted molar refractivity (Wildman–Crippen MR) is 80.8 cm³/mol. The topological polar surface area (TPSA) is 56.8 Å². The summed E-state index contributed by atoms with van der Waals surface area (Å²) in [5.74, 6) is 0.362. The Balaban J connectivity index is 1.78. The van der Waals surface area contributed by atoms with Crippen LogP contribution in [-0.2, 0) is 17.9 Å². The number of halogens is 1. The smallest absolute Gasteiger partial charge is 0.255 e. The third kappa shape index (κ3) is 3.27. The number of fused-ring (bicyclic) bond motifs is 1. The number of carbonyl (C=O) groups is 1. The number of nitrogens with one attached hydrogen (secondary N) is 1. The molecular weight excluding hydrogens is 301 g/mol. The van der Waals surface area contributed by atoms with E-state index < -0.39 is 0 Å². The van der Waals surface area contributed by atoms with Gasteiger partial charge >= 0.3 is 0 Å². The molecule has 1 aliphatic heterocycles. The van der Waals surface area contributed by atoms with Crippen LogP contribution in [0.1, 0.15) is 21.5 Å². The molecule has 0 unspecified atom stereocenters. The molecule has 2 aromatic rings. The first-order chi connectivity index (χ1) is 11.2. The number of benzene rings is 2. The molecule has 0 saturated carbocycles. The quantitative estimate of drug-likeness (QED) is 0.942. The maximum absolute atomic E-state index is 13.7. The van der Waals surface area contributed by atoms with Gasteiger partial charge in [-0.15, -0.1) is 0 Å². The largest absolute Gasteiger partial charge is 0.496 e. The fourth-order valence-electron chi connectivity index (χ4n) is 2.49. The molecule has 1 N–H and O–H groups in total. The molecule has 0 atom stereocenters. The minimum atomic E-state index is -0.389. The molecule has 23 heavy (non-hydrogen) atoms. The number of amides is 1. The summed E-state index contributed by atoms with van der Waals surface area (Å²) in [5, 5.41) is 2.76. The Labute approximate surface area is 133 Å². The molecule has 0 radical (unpaired) electrons. The van der Waals surface area contributed by atoms with Gasteiger partial charge in [-0.1, -0.05) is 12.1 Å². The van der Waals surface area contributed by atoms with E-state index >= 15 is 0 Å². The first kappa shape index (κ1) is 15.3. The standard InChI is InChI=1S/C17H16FNO4/c1-21-15-5-3-2-4-14(15)17(20)19-8-11-6-13(18)7-12-9-22-10-23-16(11)12/h2-7H,8-10H2,1H3,(H,19,20). The maximum atomic E-state index is 13.7. The highest BCUT2D eigenvalue weighted by Crippen LogP contribution is 2.29. The van der Waals surface area contributed by atoms with Gasteiger partial charge in [-0.3, -0.25) is 4.79 Å². The van der Waals surface area contributed by atoms with E-state index in [1.807, 2.05) is 0 Å². The van der Waals surface area contributed by atoms with E-state index in [1.165, 1.54) is 19.2 Å². The highest BCUT2D eigenvalue weighted by atomic mass is 19.1. The molecule has 5 nitrogen and oxygen atoms in total. The van der Waals surface area contributed by atoms with Crippen molar-refractivity contribution in [2.45, 2.75) is 13.2 Å². The van der Waals surface area contributed by atoms with Gasteiger partial charge in [-0.05, 0) is 24.3 Å². The maximum Gasteiger partial charge on any atom is 0.255 e. The summed E-state index contributed by atoms with van der Waals surface area (Å²) in [6, 6.07) is 9.64. The molecule has 2 aromatic carbocycles. The number of hydrogen-bond donors (Lipinski definition) is 1. The van der Waals surface area contributed by atoms with Crippen LogP contribution in [0.4, 0.5) is 4.39 Å². The minimum Gasteiger partial charge on any atom is -0.496 e. The van der Waals surface area contributed by atoms with E-state index in [1.54, 1.807) is 24.3 Å². The molecular formula is C17H16FNO4. The van der Waals surface area contributed by atoms with Crippen LogP contribution in [0.25, 0.3) is 0 Å². The van der Waals surface area contributed by atoms with Gasteiger partial charge in [-0.2, -0.15) is 0 Å². The normalized spacial score (nSPS) is 13.0. The van der Waals surface area contributed by atoms with Crippen LogP contribution < -0.4 is 14.8 Å². The van der Waals surface area contributed by atoms with Crippen molar-refractivity contribution in [3.63, 3.8) is 0 Å². The predicted octanol–water partition coefficient (Wildman–Crippen LogP) is 2.63. The molecule has 0 fully saturated rings. The van der Waals surface area contributed by atoms with Gasteiger partial charge in [0.15, 0.2) is 6.79 Å². The average Bonchev–Trinajstić information content (AvgIpc) is 2.59. The summed E-state index contributed by atoms with van der Waals surface area (Å²) < 4.78 is 29.4. The Morgan fingerprint density at radius 1 is 1.35 bits per heavy atom. The molecule has 0 aliphatic carbocycles. The minimum absolute atomic E-state index is 0.117. The van der Waals surface area contributed by atoms with Crippen molar-refractivity contribution in [1.82, 2.24) is 5.32 Å². The van der Waals surface area contributed by atoms with Gasteiger partial charge in [0, 0.05) is 17.7 Å². The lowest BCUT2D eigenvalue weighted by Crippen LogP contribution is -2.24. The van der Waals surface area contributed by atoms with Gasteiger partial charge < -0.3 is 19.5 Å². The molecule has 6 heteroatoms. The summed E-state index contributed by atoms with van der Waals surface area (Å²) in [6.45, 7) is 0.559. The van der Waals surface area contributed by atoms with Gasteiger partial charge in [0.1, 0.15) is 17.3 Å². The number of carbonyl (C=O) groups excluding carboxylic acids is 1. The van der Waals surface area contributed by atoms with E-state index in [4.69, 9.17) is 14.2 Å². The molecule has 1 heterocycles. The van der Waals surface area contributed by atoms with Crippen LogP contribution in [0, 0.1) is 5.82 Å². The van der Waals surface area contributed by atoms with E-state index in [-0.39, 0.29) is 25.1 Å². The van der Waals surface area contributed by atoms with E-state index in [0.29, 0.717) is 34.8 Å². The summed E-state index contributed by atoms with van der Waals surface area (Å²) >= 11 is 0. The lowest BCUT2D eigenvalue weighted by atomic mass is 10.1. The van der Waals surface area contributed by atoms with Crippen molar-refractivity contribution >= 4 is 5.91 Å². The zero-order valence-corrected chi connectivity index (χ0v) is 12.6. The molecule has 1 amide bonds. The molecule has 0 bridgehead atoms. The number of hydrogen-bond acceptors (Lipinski definition) is 4. The SMILES string of the molecule is COc1ccccc1C(=O)NCc1cc(F)cc2c1OCOC2. The number of para-hydroxylation sites is 1. The Kier molecular flexibility index (Phi) is 4.43. The zero-order valence-electron chi connectivity index (χ0n) is 12.6. The van der Waals surface area contributed by atoms with E-state index in [9.17, 15) is 9.18 Å². The Morgan fingerprint density at radius 2 is 2.17 bits per heavy atom. The van der Waals surface area contributed by atoms with Crippen molar-refractivity contribution < 1.29 is 23.4 Å². The molecule has 1 aliphatic rings. The van der Waals surface area contributed by atoms with Crippen LogP contribution >= 0.6 is 0 Å². The lowest BCUT2D eigenvalue weighted by Gasteiger charge is -2.21. The van der Waals surface area contributed by atoms with Gasteiger partial charge in [0.2, 0.25) is 0 Å². The van der Waals surface area contributed by atoms with Crippen LogP contribution in [0.3, 0.4) is 0 Å². The molecule has 0 saturated heterocycles.